The average Bonchev–Trinajstić information content (AvgIpc) is 2.81. The quantitative estimate of drug-likeness (QED) is 0.634. The highest BCUT2D eigenvalue weighted by Gasteiger charge is 2.18. The number of thiol groups is 1. The molecule has 0 amide bonds. The van der Waals surface area contributed by atoms with Gasteiger partial charge >= 0.3 is 0 Å². The molecule has 0 saturated carbocycles. The average molecular weight is 320 g/mol. The Balaban J connectivity index is 2.25. The molecule has 1 aromatic heterocycles. The summed E-state index contributed by atoms with van der Waals surface area (Å²) < 4.78 is 1.43. The second kappa shape index (κ2) is 5.31. The van der Waals surface area contributed by atoms with Crippen LogP contribution >= 0.6 is 24.2 Å². The SMILES string of the molecule is Oc1ccc(-n2nnc(S)c2-c2ccccc2Cl)c(O)c1. The molecule has 2 N–H and O–H groups in total. The topological polar surface area (TPSA) is 71.2 Å². The third kappa shape index (κ3) is 2.43. The van der Waals surface area contributed by atoms with E-state index in [1.165, 1.54) is 22.9 Å². The van der Waals surface area contributed by atoms with E-state index in [0.29, 0.717) is 27.0 Å². The molecular weight excluding hydrogens is 310 g/mol. The Hall–Kier alpha value is -2.18. The van der Waals surface area contributed by atoms with Crippen molar-refractivity contribution in [2.75, 3.05) is 0 Å². The number of aromatic hydroxyl groups is 2. The number of hydrogen-bond donors (Lipinski definition) is 3. The zero-order valence-corrected chi connectivity index (χ0v) is 12.3. The van der Waals surface area contributed by atoms with E-state index in [-0.39, 0.29) is 11.5 Å². The van der Waals surface area contributed by atoms with E-state index in [0.717, 1.165) is 0 Å². The van der Waals surface area contributed by atoms with E-state index in [1.807, 2.05) is 18.2 Å². The summed E-state index contributed by atoms with van der Waals surface area (Å²) >= 11 is 10.5. The molecule has 0 aliphatic rings. The maximum absolute atomic E-state index is 9.99. The molecule has 0 spiro atoms. The number of phenols is 2. The molecule has 0 atom stereocenters. The number of benzene rings is 2. The Morgan fingerprint density at radius 3 is 2.57 bits per heavy atom. The third-order valence-corrected chi connectivity index (χ3v) is 3.60. The number of rotatable bonds is 2. The fourth-order valence-electron chi connectivity index (χ4n) is 2.02. The van der Waals surface area contributed by atoms with Crippen LogP contribution in [0.15, 0.2) is 47.5 Å². The third-order valence-electron chi connectivity index (χ3n) is 2.97. The molecule has 106 valence electrons. The Kier molecular flexibility index (Phi) is 3.48. The number of hydrogen-bond acceptors (Lipinski definition) is 5. The summed E-state index contributed by atoms with van der Waals surface area (Å²) in [5, 5.41) is 28.2. The van der Waals surface area contributed by atoms with Gasteiger partial charge in [-0.05, 0) is 18.2 Å². The molecule has 3 aromatic rings. The number of halogens is 1. The molecular formula is C14H10ClN3O2S. The van der Waals surface area contributed by atoms with Crippen LogP contribution in [0.4, 0.5) is 0 Å². The van der Waals surface area contributed by atoms with Crippen molar-refractivity contribution >= 4 is 24.2 Å². The lowest BCUT2D eigenvalue weighted by Crippen LogP contribution is -2.00. The minimum absolute atomic E-state index is 0.0400. The number of phenolic OH excluding ortho intramolecular Hbond substituents is 2. The van der Waals surface area contributed by atoms with Gasteiger partial charge in [0.05, 0.1) is 5.02 Å². The summed E-state index contributed by atoms with van der Waals surface area (Å²) in [5.74, 6) is -0.164. The Bertz CT molecular complexity index is 820. The van der Waals surface area contributed by atoms with Crippen molar-refractivity contribution < 1.29 is 10.2 Å². The fraction of sp³-hybridized carbons (Fsp3) is 0. The van der Waals surface area contributed by atoms with Crippen molar-refractivity contribution in [2.45, 2.75) is 5.03 Å². The van der Waals surface area contributed by atoms with E-state index < -0.39 is 0 Å². The highest BCUT2D eigenvalue weighted by atomic mass is 35.5. The lowest BCUT2D eigenvalue weighted by molar-refractivity contribution is 0.447. The summed E-state index contributed by atoms with van der Waals surface area (Å²) in [6.07, 6.45) is 0. The van der Waals surface area contributed by atoms with Crippen LogP contribution in [0.3, 0.4) is 0 Å². The minimum Gasteiger partial charge on any atom is -0.508 e. The first-order valence-corrected chi connectivity index (χ1v) is 6.82. The molecule has 0 unspecified atom stereocenters. The van der Waals surface area contributed by atoms with Gasteiger partial charge in [0.2, 0.25) is 0 Å². The minimum atomic E-state index is -0.124. The Labute approximate surface area is 130 Å². The van der Waals surface area contributed by atoms with E-state index in [1.54, 1.807) is 6.07 Å². The van der Waals surface area contributed by atoms with Crippen LogP contribution in [-0.4, -0.2) is 25.2 Å². The normalized spacial score (nSPS) is 10.8. The van der Waals surface area contributed by atoms with E-state index in [9.17, 15) is 10.2 Å². The Morgan fingerprint density at radius 2 is 1.86 bits per heavy atom. The summed E-state index contributed by atoms with van der Waals surface area (Å²) in [6.45, 7) is 0. The maximum Gasteiger partial charge on any atom is 0.145 e. The van der Waals surface area contributed by atoms with Gasteiger partial charge in [-0.15, -0.1) is 17.7 Å². The highest BCUT2D eigenvalue weighted by molar-refractivity contribution is 7.80. The van der Waals surface area contributed by atoms with Gasteiger partial charge in [0.25, 0.3) is 0 Å². The standard InChI is InChI=1S/C14H10ClN3O2S/c15-10-4-2-1-3-9(10)13-14(21)16-17-18(13)11-6-5-8(19)7-12(11)20/h1-7,19-21H. The summed E-state index contributed by atoms with van der Waals surface area (Å²) in [4.78, 5) is 0. The molecule has 2 aromatic carbocycles. The first-order chi connectivity index (χ1) is 10.1. The molecule has 0 bridgehead atoms. The van der Waals surface area contributed by atoms with E-state index in [4.69, 9.17) is 11.6 Å². The molecule has 0 radical (unpaired) electrons. The molecule has 3 rings (SSSR count). The lowest BCUT2D eigenvalue weighted by Gasteiger charge is -2.10. The van der Waals surface area contributed by atoms with Gasteiger partial charge in [0.1, 0.15) is 27.9 Å². The van der Waals surface area contributed by atoms with Crippen molar-refractivity contribution in [1.82, 2.24) is 15.0 Å². The van der Waals surface area contributed by atoms with Crippen LogP contribution in [0.5, 0.6) is 11.5 Å². The van der Waals surface area contributed by atoms with Crippen LogP contribution in [-0.2, 0) is 0 Å². The molecule has 0 fully saturated rings. The van der Waals surface area contributed by atoms with Gasteiger partial charge in [-0.1, -0.05) is 35.0 Å². The monoisotopic (exact) mass is 319 g/mol. The second-order valence-corrected chi connectivity index (χ2v) is 5.16. The first kappa shape index (κ1) is 13.8. The van der Waals surface area contributed by atoms with E-state index in [2.05, 4.69) is 22.9 Å². The summed E-state index contributed by atoms with van der Waals surface area (Å²) in [5.41, 5.74) is 1.63. The van der Waals surface area contributed by atoms with Gasteiger partial charge in [-0.25, -0.2) is 4.68 Å². The predicted octanol–water partition coefficient (Wildman–Crippen LogP) is 3.29. The predicted molar refractivity (Wildman–Crippen MR) is 82.4 cm³/mol. The molecule has 0 aliphatic carbocycles. The van der Waals surface area contributed by atoms with Crippen LogP contribution in [0.2, 0.25) is 5.02 Å². The van der Waals surface area contributed by atoms with Gasteiger partial charge < -0.3 is 10.2 Å². The van der Waals surface area contributed by atoms with Crippen LogP contribution in [0.25, 0.3) is 16.9 Å². The van der Waals surface area contributed by atoms with Gasteiger partial charge in [-0.2, -0.15) is 0 Å². The van der Waals surface area contributed by atoms with Gasteiger partial charge in [0, 0.05) is 11.6 Å². The smallest absolute Gasteiger partial charge is 0.145 e. The maximum atomic E-state index is 9.99. The van der Waals surface area contributed by atoms with Crippen molar-refractivity contribution in [3.8, 4) is 28.4 Å². The molecule has 5 nitrogen and oxygen atoms in total. The highest BCUT2D eigenvalue weighted by Crippen LogP contribution is 2.35. The number of nitrogens with zero attached hydrogens (tertiary/aromatic N) is 3. The number of aromatic nitrogens is 3. The molecule has 21 heavy (non-hydrogen) atoms. The van der Waals surface area contributed by atoms with Crippen molar-refractivity contribution in [1.29, 1.82) is 0 Å². The van der Waals surface area contributed by atoms with Crippen LogP contribution in [0.1, 0.15) is 0 Å². The van der Waals surface area contributed by atoms with Crippen molar-refractivity contribution in [3.63, 3.8) is 0 Å². The Morgan fingerprint density at radius 1 is 1.10 bits per heavy atom. The zero-order chi connectivity index (χ0) is 15.0. The van der Waals surface area contributed by atoms with Gasteiger partial charge in [0.15, 0.2) is 0 Å². The molecule has 7 heteroatoms. The molecule has 1 heterocycles. The van der Waals surface area contributed by atoms with Gasteiger partial charge in [-0.3, -0.25) is 0 Å². The zero-order valence-electron chi connectivity index (χ0n) is 10.6. The second-order valence-electron chi connectivity index (χ2n) is 4.33. The largest absolute Gasteiger partial charge is 0.508 e. The summed E-state index contributed by atoms with van der Waals surface area (Å²) in [7, 11) is 0. The van der Waals surface area contributed by atoms with Crippen LogP contribution < -0.4 is 0 Å². The fourth-order valence-corrected chi connectivity index (χ4v) is 2.50. The van der Waals surface area contributed by atoms with Crippen molar-refractivity contribution in [3.05, 3.63) is 47.5 Å². The molecule has 0 saturated heterocycles. The molecule has 0 aliphatic heterocycles. The van der Waals surface area contributed by atoms with E-state index >= 15 is 0 Å². The summed E-state index contributed by atoms with van der Waals surface area (Å²) in [6, 6.07) is 11.4. The van der Waals surface area contributed by atoms with Crippen molar-refractivity contribution in [2.24, 2.45) is 0 Å². The van der Waals surface area contributed by atoms with Crippen LogP contribution in [0, 0.1) is 0 Å². The lowest BCUT2D eigenvalue weighted by atomic mass is 10.1. The first-order valence-electron chi connectivity index (χ1n) is 6.00.